The van der Waals surface area contributed by atoms with Crippen molar-refractivity contribution in [1.29, 1.82) is 0 Å². The van der Waals surface area contributed by atoms with Crippen LogP contribution in [0, 0.1) is 0 Å². The molecule has 0 saturated carbocycles. The molecule has 0 atom stereocenters. The average molecular weight is 312 g/mol. The Bertz CT molecular complexity index is 835. The second kappa shape index (κ2) is 5.11. The summed E-state index contributed by atoms with van der Waals surface area (Å²) in [6.45, 7) is 0.875. The zero-order valence-electron chi connectivity index (χ0n) is 12.4. The molecule has 0 amide bonds. The van der Waals surface area contributed by atoms with E-state index in [4.69, 9.17) is 0 Å². The highest BCUT2D eigenvalue weighted by atomic mass is 32.1. The molecule has 0 fully saturated rings. The van der Waals surface area contributed by atoms with Gasteiger partial charge in [0.05, 0.1) is 16.9 Å². The molecule has 0 spiro atoms. The molecule has 6 nitrogen and oxygen atoms in total. The lowest BCUT2D eigenvalue weighted by Gasteiger charge is -2.18. The topological polar surface area (TPSA) is 48.7 Å². The maximum absolute atomic E-state index is 4.56. The minimum atomic E-state index is 0.775. The zero-order chi connectivity index (χ0) is 15.1. The Hall–Kier alpha value is -2.38. The highest BCUT2D eigenvalue weighted by molar-refractivity contribution is 7.14. The van der Waals surface area contributed by atoms with Crippen LogP contribution in [0.25, 0.3) is 11.2 Å². The number of hydrogen-bond acceptors (Lipinski definition) is 6. The molecule has 1 N–H and O–H groups in total. The predicted molar refractivity (Wildman–Crippen MR) is 89.0 cm³/mol. The summed E-state index contributed by atoms with van der Waals surface area (Å²) in [4.78, 5) is 8.98. The van der Waals surface area contributed by atoms with E-state index in [1.165, 1.54) is 5.57 Å². The Balaban J connectivity index is 1.76. The van der Waals surface area contributed by atoms with Crippen molar-refractivity contribution in [3.63, 3.8) is 0 Å². The average Bonchev–Trinajstić information content (AvgIpc) is 3.21. The Morgan fingerprint density at radius 3 is 2.91 bits per heavy atom. The van der Waals surface area contributed by atoms with Gasteiger partial charge >= 0.3 is 0 Å². The van der Waals surface area contributed by atoms with Crippen LogP contribution in [0.4, 0.5) is 10.8 Å². The molecule has 0 bridgehead atoms. The number of likely N-dealkylation sites (N-methyl/N-ethyl adjacent to an activating group) is 1. The standard InChI is InChI=1S/C15H16N6S/c1-19-9-11(10-20(19)2)12-8-17-15-14(16-5-6-21(12)15)18-13-4-3-7-22-13/h3-9H,10H2,1-2H3,(H,16,18). The van der Waals surface area contributed by atoms with Gasteiger partial charge in [0.2, 0.25) is 0 Å². The van der Waals surface area contributed by atoms with Crippen LogP contribution in [0.2, 0.25) is 0 Å². The van der Waals surface area contributed by atoms with Gasteiger partial charge in [0.25, 0.3) is 0 Å². The van der Waals surface area contributed by atoms with Crippen LogP contribution in [-0.4, -0.2) is 45.0 Å². The van der Waals surface area contributed by atoms with Gasteiger partial charge in [-0.15, -0.1) is 11.3 Å². The molecule has 1 aliphatic rings. The van der Waals surface area contributed by atoms with E-state index < -0.39 is 0 Å². The van der Waals surface area contributed by atoms with Gasteiger partial charge in [0, 0.05) is 44.8 Å². The molecule has 0 aromatic carbocycles. The van der Waals surface area contributed by atoms with E-state index in [0.29, 0.717) is 0 Å². The van der Waals surface area contributed by atoms with Crippen molar-refractivity contribution >= 4 is 33.4 Å². The van der Waals surface area contributed by atoms with E-state index in [1.807, 2.05) is 37.0 Å². The molecule has 3 aromatic rings. The van der Waals surface area contributed by atoms with Crippen LogP contribution in [0.15, 0.2) is 42.3 Å². The number of hydrazine groups is 1. The molecule has 4 rings (SSSR count). The molecule has 0 radical (unpaired) electrons. The van der Waals surface area contributed by atoms with Gasteiger partial charge in [-0.25, -0.2) is 15.0 Å². The molecule has 1 aliphatic heterocycles. The van der Waals surface area contributed by atoms with Gasteiger partial charge in [-0.2, -0.15) is 0 Å². The molecule has 3 aromatic heterocycles. The predicted octanol–water partition coefficient (Wildman–Crippen LogP) is 2.67. The summed E-state index contributed by atoms with van der Waals surface area (Å²) in [5, 5.41) is 10.7. The van der Waals surface area contributed by atoms with Crippen molar-refractivity contribution < 1.29 is 0 Å². The number of anilines is 2. The summed E-state index contributed by atoms with van der Waals surface area (Å²) in [6, 6.07) is 4.04. The second-order valence-corrected chi connectivity index (χ2v) is 6.21. The lowest BCUT2D eigenvalue weighted by molar-refractivity contribution is 0.118. The maximum atomic E-state index is 4.56. The maximum Gasteiger partial charge on any atom is 0.180 e. The molecule has 0 saturated heterocycles. The molecular formula is C15H16N6S. The lowest BCUT2D eigenvalue weighted by atomic mass is 10.2. The summed E-state index contributed by atoms with van der Waals surface area (Å²) in [5.41, 5.74) is 3.18. The number of nitrogens with one attached hydrogen (secondary N) is 1. The number of aromatic nitrogens is 3. The Labute approximate surface area is 132 Å². The highest BCUT2D eigenvalue weighted by Gasteiger charge is 2.20. The van der Waals surface area contributed by atoms with Crippen molar-refractivity contribution in [1.82, 2.24) is 24.4 Å². The fraction of sp³-hybridized carbons (Fsp3) is 0.200. The van der Waals surface area contributed by atoms with Crippen LogP contribution < -0.4 is 5.32 Å². The van der Waals surface area contributed by atoms with Gasteiger partial charge in [-0.05, 0) is 17.5 Å². The minimum absolute atomic E-state index is 0.775. The SMILES string of the molecule is CN1C=C(c2cnc3c(Nc4cccs4)nccn23)CN1C. The summed E-state index contributed by atoms with van der Waals surface area (Å²) in [7, 11) is 4.11. The van der Waals surface area contributed by atoms with E-state index in [9.17, 15) is 0 Å². The highest BCUT2D eigenvalue weighted by Crippen LogP contribution is 2.27. The van der Waals surface area contributed by atoms with Gasteiger partial charge in [-0.1, -0.05) is 0 Å². The molecule has 7 heteroatoms. The molecule has 0 unspecified atom stereocenters. The Morgan fingerprint density at radius 2 is 2.18 bits per heavy atom. The van der Waals surface area contributed by atoms with E-state index in [2.05, 4.69) is 43.0 Å². The first kappa shape index (κ1) is 13.3. The van der Waals surface area contributed by atoms with Crippen LogP contribution >= 0.6 is 11.3 Å². The van der Waals surface area contributed by atoms with E-state index in [-0.39, 0.29) is 0 Å². The van der Waals surface area contributed by atoms with Gasteiger partial charge in [-0.3, -0.25) is 4.40 Å². The molecule has 4 heterocycles. The third-order valence-corrected chi connectivity index (χ3v) is 4.59. The second-order valence-electron chi connectivity index (χ2n) is 5.26. The molecule has 22 heavy (non-hydrogen) atoms. The third-order valence-electron chi connectivity index (χ3n) is 3.80. The number of thiophene rings is 1. The first-order valence-electron chi connectivity index (χ1n) is 7.00. The zero-order valence-corrected chi connectivity index (χ0v) is 13.2. The van der Waals surface area contributed by atoms with E-state index in [1.54, 1.807) is 17.5 Å². The Morgan fingerprint density at radius 1 is 1.27 bits per heavy atom. The molecule has 0 aliphatic carbocycles. The van der Waals surface area contributed by atoms with Crippen molar-refractivity contribution in [2.24, 2.45) is 0 Å². The number of fused-ring (bicyclic) bond motifs is 1. The smallest absolute Gasteiger partial charge is 0.180 e. The van der Waals surface area contributed by atoms with Gasteiger partial charge in [0.15, 0.2) is 11.5 Å². The largest absolute Gasteiger partial charge is 0.329 e. The fourth-order valence-corrected chi connectivity index (χ4v) is 3.20. The minimum Gasteiger partial charge on any atom is -0.329 e. The number of rotatable bonds is 3. The van der Waals surface area contributed by atoms with Gasteiger partial charge in [0.1, 0.15) is 0 Å². The van der Waals surface area contributed by atoms with Crippen LogP contribution in [-0.2, 0) is 0 Å². The van der Waals surface area contributed by atoms with Crippen LogP contribution in [0.5, 0.6) is 0 Å². The quantitative estimate of drug-likeness (QED) is 0.806. The lowest BCUT2D eigenvalue weighted by Crippen LogP contribution is -2.27. The number of nitrogens with zero attached hydrogens (tertiary/aromatic N) is 5. The van der Waals surface area contributed by atoms with Crippen LogP contribution in [0.3, 0.4) is 0 Å². The van der Waals surface area contributed by atoms with E-state index in [0.717, 1.165) is 28.7 Å². The third kappa shape index (κ3) is 2.15. The number of hydrogen-bond donors (Lipinski definition) is 1. The van der Waals surface area contributed by atoms with Crippen LogP contribution in [0.1, 0.15) is 5.69 Å². The van der Waals surface area contributed by atoms with Crippen molar-refractivity contribution in [2.75, 3.05) is 26.0 Å². The van der Waals surface area contributed by atoms with Crippen molar-refractivity contribution in [3.05, 3.63) is 48.0 Å². The Kier molecular flexibility index (Phi) is 3.09. The van der Waals surface area contributed by atoms with Crippen molar-refractivity contribution in [2.45, 2.75) is 0 Å². The monoisotopic (exact) mass is 312 g/mol. The first-order chi connectivity index (χ1) is 10.7. The normalized spacial score (nSPS) is 15.5. The molecular weight excluding hydrogens is 296 g/mol. The number of imidazole rings is 1. The fourth-order valence-electron chi connectivity index (χ4n) is 2.58. The molecule has 112 valence electrons. The summed E-state index contributed by atoms with van der Waals surface area (Å²) < 4.78 is 2.09. The van der Waals surface area contributed by atoms with Gasteiger partial charge < -0.3 is 10.3 Å². The van der Waals surface area contributed by atoms with E-state index >= 15 is 0 Å². The summed E-state index contributed by atoms with van der Waals surface area (Å²) >= 11 is 1.65. The summed E-state index contributed by atoms with van der Waals surface area (Å²) in [5.74, 6) is 0.775. The van der Waals surface area contributed by atoms with Crippen molar-refractivity contribution in [3.8, 4) is 0 Å². The first-order valence-corrected chi connectivity index (χ1v) is 7.88. The summed E-state index contributed by atoms with van der Waals surface area (Å²) in [6.07, 6.45) is 7.80.